The molecule has 0 saturated carbocycles. The zero-order chi connectivity index (χ0) is 111. The summed E-state index contributed by atoms with van der Waals surface area (Å²) >= 11 is 0. The molecule has 0 radical (unpaired) electrons. The van der Waals surface area contributed by atoms with Crippen LogP contribution in [-0.2, 0) is 90.2 Å². The third-order valence-electron chi connectivity index (χ3n) is 31.9. The highest BCUT2D eigenvalue weighted by molar-refractivity contribution is 5.74. The number of ether oxygens (including phenoxy) is 16. The van der Waals surface area contributed by atoms with Gasteiger partial charge >= 0.3 is 5.97 Å². The second-order valence-electron chi connectivity index (χ2n) is 44.5. The van der Waals surface area contributed by atoms with Gasteiger partial charge in [0.2, 0.25) is 11.8 Å². The Morgan fingerprint density at radius 1 is 0.470 bits per heavy atom. The van der Waals surface area contributed by atoms with Gasteiger partial charge in [-0.1, -0.05) is 97.8 Å². The lowest BCUT2D eigenvalue weighted by molar-refractivity contribution is -0.407. The van der Waals surface area contributed by atoms with Crippen LogP contribution in [0.25, 0.3) is 0 Å². The number of unbranched alkanes of at least 4 members (excludes halogenated alkanes) is 1. The summed E-state index contributed by atoms with van der Waals surface area (Å²) in [5, 5.41) is 285. The van der Waals surface area contributed by atoms with Gasteiger partial charge in [-0.2, -0.15) is 0 Å². The fraction of sp³-hybridized carbons (Fsp3) is 0.913. The molecule has 2 bridgehead atoms. The van der Waals surface area contributed by atoms with E-state index in [-0.39, 0.29) is 75.5 Å². The van der Waals surface area contributed by atoms with Gasteiger partial charge in [-0.05, 0) is 138 Å². The van der Waals surface area contributed by atoms with E-state index in [1.54, 1.807) is 39.8 Å². The van der Waals surface area contributed by atoms with Gasteiger partial charge in [0.1, 0.15) is 104 Å². The van der Waals surface area contributed by atoms with Crippen molar-refractivity contribution in [2.45, 2.75) is 540 Å². The van der Waals surface area contributed by atoms with Crippen LogP contribution < -0.4 is 16.4 Å². The number of hydrogen-bond donors (Lipinski definition) is 27. The van der Waals surface area contributed by atoms with E-state index < -0.39 is 379 Å². The van der Waals surface area contributed by atoms with Crippen LogP contribution in [0.5, 0.6) is 0 Å². The Morgan fingerprint density at radius 2 is 1.01 bits per heavy atom. The second-order valence-corrected chi connectivity index (χ2v) is 44.5. The molecule has 9 aliphatic rings. The smallest absolute Gasteiger partial charge is 0.311 e. The van der Waals surface area contributed by atoms with E-state index in [1.807, 2.05) is 27.7 Å². The van der Waals surface area contributed by atoms with Crippen molar-refractivity contribution >= 4 is 17.8 Å². The number of cyclic esters (lactones) is 1. The summed E-state index contributed by atoms with van der Waals surface area (Å²) in [7, 11) is 0. The average molecular weight is 2150 g/mol. The van der Waals surface area contributed by atoms with Gasteiger partial charge < -0.3 is 215 Å². The Balaban J connectivity index is 1.02. The molecule has 0 aromatic carbocycles. The Labute approximate surface area is 873 Å². The van der Waals surface area contributed by atoms with Gasteiger partial charge in [0.05, 0.1) is 153 Å². The monoisotopic (exact) mass is 2150 g/mol. The fourth-order valence-electron chi connectivity index (χ4n) is 21.3. The number of aliphatic hydroxyl groups excluding tert-OH is 23. The highest BCUT2D eigenvalue weighted by Gasteiger charge is 2.60. The minimum absolute atomic E-state index is 0.0797. The number of amides is 2. The molecule has 2 amide bonds. The van der Waals surface area contributed by atoms with Crippen LogP contribution in [0.2, 0.25) is 0 Å². The average Bonchev–Trinajstić information content (AvgIpc) is 0.762. The molecule has 57 atom stereocenters. The standard InChI is InChI=1S/C103H181N3O43/c1-44-24-20-22-28-67(114)49(6)70(117)35-64(113)37-73(142-99-89(128)87(126)85(124)76(43-107)144-99)51(8)74-40-71(118)96(131)103(133,149-74)41-75(45(2)30-32-63(112)34-61(110)27-23-29-68(115)50(7)97(132)141-72(44)36-62(111)26-21-19-25-46(3)80(119)47(4)31-33-69(116)48(5)52(9)134-79-42-102(18,104)95(130)58(15)137-79)143-101-94(148-98-88(127)86(125)83(122)55(12)138-98)93(146-78-39-66(106-60(17)109)82(121)54(11)136-78)91(57(14)140-101)147-100-90(129)92(84(123)56(13)139-100)145-77-38-65(105-59(16)108)81(120)53(10)135-77/h20,22-24,28-29,44-58,61-96,98-101,107,110-131,133H,19,21,25-27,30-43,104H2,1-18H3,(H,105,108)(H,106,109)/b24-20-,28-22-,29-23+/t44?,45?,46?,47?,48?,49?,50?,51?,52?,53-,54-,55-,56+,57+,58+,61?,62?,63?,64?,65+,66+,67?,68?,69?,70?,71?,72?,73?,74?,75?,76?,77-,78-,79+,80?,81+,82+,83+,84+,85+,86-,87-,88?,89+,90-,91-,92-,93-,94-,95+,96?,98-,99+,100-,101+,102-,103?/m0/s1. The van der Waals surface area contributed by atoms with Crippen molar-refractivity contribution in [3.63, 3.8) is 0 Å². The van der Waals surface area contributed by atoms with E-state index in [0.717, 1.165) is 0 Å². The van der Waals surface area contributed by atoms with Crippen LogP contribution in [0.15, 0.2) is 36.5 Å². The van der Waals surface area contributed by atoms with Crippen molar-refractivity contribution in [1.29, 1.82) is 0 Å². The fourth-order valence-corrected chi connectivity index (χ4v) is 21.3. The van der Waals surface area contributed by atoms with E-state index in [1.165, 1.54) is 93.5 Å². The Kier molecular flexibility index (Phi) is 50.2. The first-order valence-corrected chi connectivity index (χ1v) is 53.5. The van der Waals surface area contributed by atoms with Crippen molar-refractivity contribution in [2.75, 3.05) is 6.61 Å². The summed E-state index contributed by atoms with van der Waals surface area (Å²) in [5.74, 6) is -10.9. The van der Waals surface area contributed by atoms with E-state index in [2.05, 4.69) is 10.6 Å². The van der Waals surface area contributed by atoms with Crippen LogP contribution in [0.1, 0.15) is 240 Å². The number of allylic oxidation sites excluding steroid dienone is 2. The topological polar surface area (TPSA) is 734 Å². The maximum atomic E-state index is 14.3. The quantitative estimate of drug-likeness (QED) is 0.0191. The van der Waals surface area contributed by atoms with Crippen LogP contribution >= 0.6 is 0 Å². The van der Waals surface area contributed by atoms with Crippen LogP contribution in [0.4, 0.5) is 0 Å². The van der Waals surface area contributed by atoms with Gasteiger partial charge in [-0.25, -0.2) is 0 Å². The molecule has 9 heterocycles. The number of carbonyl (C=O) groups is 3. The number of nitrogens with one attached hydrogen (secondary N) is 2. The molecule has 9 aliphatic heterocycles. The SMILES string of the molecule is CC(=O)N[C@@H]1C[C@H](O[C@@H]2[C@H](O)[C@H](O[C@@H]3[C@H](O[C@H]4C[C@@H](NC(C)=O)[C@H](O)[C@H](C)O4)[C@H](O[C@@H]4O[C@@H](C)[C@@H](O)[C@H](O)C4O)[C@@H](OC4CC5(O)OC(CC(O)C5O)C(C)C(O[C@@H]5OC(CO)[C@@H](O)[C@H](O)[C@H]5O)CC(O)CC(O)C(C)C(O)/C=C\C=C/C(C)C(CC(O)CCCCC(C)C(O)C(C)CCC(O)C(C)C(C)O[C@H]5C[C@](C)(N)[C@H](O)[C@@H](C)O5)OC(=O)C(C)C(O)/C=C/CC(O)CC(O)CCC4C)O[C@@H]3C)O[C@H](C)[C@H]2O)O[C@@H](C)[C@H]1O. The highest BCUT2D eigenvalue weighted by atomic mass is 16.8. The van der Waals surface area contributed by atoms with Gasteiger partial charge in [0, 0.05) is 88.0 Å². The lowest BCUT2D eigenvalue weighted by atomic mass is 9.82. The number of hydrogen-bond acceptors (Lipinski definition) is 44. The number of rotatable bonds is 31. The molecule has 46 nitrogen and oxygen atoms in total. The van der Waals surface area contributed by atoms with Gasteiger partial charge in [0.25, 0.3) is 0 Å². The number of carbonyl (C=O) groups excluding carboxylic acids is 3. The molecular formula is C103H181N3O43. The Bertz CT molecular complexity index is 4050. The van der Waals surface area contributed by atoms with Crippen molar-refractivity contribution in [3.05, 3.63) is 36.5 Å². The van der Waals surface area contributed by atoms with Crippen LogP contribution in [0, 0.1) is 47.3 Å². The lowest BCUT2D eigenvalue weighted by Crippen LogP contribution is -2.68. The zero-order valence-electron chi connectivity index (χ0n) is 89.2. The van der Waals surface area contributed by atoms with Crippen molar-refractivity contribution in [1.82, 2.24) is 10.6 Å². The summed E-state index contributed by atoms with van der Waals surface area (Å²) in [6.07, 6.45) is -59.7. The van der Waals surface area contributed by atoms with Crippen LogP contribution in [0.3, 0.4) is 0 Å². The molecule has 0 aliphatic carbocycles. The van der Waals surface area contributed by atoms with Crippen LogP contribution in [-0.4, -0.2) is 446 Å². The molecule has 28 N–H and O–H groups in total. The van der Waals surface area contributed by atoms with Gasteiger partial charge in [-0.3, -0.25) is 14.4 Å². The summed E-state index contributed by atoms with van der Waals surface area (Å²) in [6, 6.07) is -2.02. The number of esters is 1. The largest absolute Gasteiger partial charge is 0.461 e. The minimum atomic E-state index is -3.02. The number of nitrogens with two attached hydrogens (primary N) is 1. The molecule has 8 fully saturated rings. The highest BCUT2D eigenvalue weighted by Crippen LogP contribution is 2.45. The zero-order valence-corrected chi connectivity index (χ0v) is 89.2. The van der Waals surface area contributed by atoms with Gasteiger partial charge in [0.15, 0.2) is 49.8 Å². The summed E-state index contributed by atoms with van der Waals surface area (Å²) in [4.78, 5) is 39.5. The maximum Gasteiger partial charge on any atom is 0.311 e. The normalized spacial score (nSPS) is 47.1. The molecule has 866 valence electrons. The lowest BCUT2D eigenvalue weighted by Gasteiger charge is -2.52. The predicted molar refractivity (Wildman–Crippen MR) is 525 cm³/mol. The van der Waals surface area contributed by atoms with Crippen molar-refractivity contribution < 1.29 is 213 Å². The molecule has 8 saturated heterocycles. The second kappa shape index (κ2) is 58.2. The number of fused-ring (bicyclic) bond motifs is 2. The van der Waals surface area contributed by atoms with Gasteiger partial charge in [-0.15, -0.1) is 0 Å². The summed E-state index contributed by atoms with van der Waals surface area (Å²) < 4.78 is 103. The van der Waals surface area contributed by atoms with E-state index in [9.17, 15) is 137 Å². The number of aliphatic hydroxyl groups is 24. The van der Waals surface area contributed by atoms with E-state index in [0.29, 0.717) is 32.1 Å². The predicted octanol–water partition coefficient (Wildman–Crippen LogP) is -2.65. The molecular weight excluding hydrogens is 1970 g/mol. The summed E-state index contributed by atoms with van der Waals surface area (Å²) in [6.45, 7) is 27.4. The summed E-state index contributed by atoms with van der Waals surface area (Å²) in [5.41, 5.74) is 5.43. The van der Waals surface area contributed by atoms with E-state index >= 15 is 0 Å². The minimum Gasteiger partial charge on any atom is -0.461 e. The molecule has 0 spiro atoms. The third kappa shape index (κ3) is 35.3. The van der Waals surface area contributed by atoms with Crippen molar-refractivity contribution in [2.24, 2.45) is 53.1 Å². The maximum absolute atomic E-state index is 14.3. The molecule has 9 rings (SSSR count). The molecule has 0 aromatic heterocycles. The Morgan fingerprint density at radius 3 is 1.61 bits per heavy atom. The first kappa shape index (κ1) is 128. The van der Waals surface area contributed by atoms with E-state index in [4.69, 9.17) is 81.5 Å². The third-order valence-corrected chi connectivity index (χ3v) is 31.9. The van der Waals surface area contributed by atoms with Crippen molar-refractivity contribution in [3.8, 4) is 0 Å². The Hall–Kier alpha value is -3.97. The molecule has 0 aromatic rings. The molecule has 46 heteroatoms. The first-order valence-electron chi connectivity index (χ1n) is 53.5. The first-order chi connectivity index (χ1) is 69.7. The molecule has 149 heavy (non-hydrogen) atoms. The molecule has 27 unspecified atom stereocenters.